The first-order chi connectivity index (χ1) is 8.16. The van der Waals surface area contributed by atoms with Crippen LogP contribution in [0.2, 0.25) is 0 Å². The maximum Gasteiger partial charge on any atom is 0.124 e. The second-order valence-corrected chi connectivity index (χ2v) is 3.79. The minimum absolute atomic E-state index is 0.202. The van der Waals surface area contributed by atoms with E-state index in [0.29, 0.717) is 5.56 Å². The van der Waals surface area contributed by atoms with Crippen molar-refractivity contribution in [3.05, 3.63) is 53.6 Å². The van der Waals surface area contributed by atoms with Gasteiger partial charge in [0, 0.05) is 11.8 Å². The van der Waals surface area contributed by atoms with Crippen LogP contribution in [0, 0.1) is 6.92 Å². The highest BCUT2D eigenvalue weighted by Crippen LogP contribution is 2.23. The lowest BCUT2D eigenvalue weighted by atomic mass is 10.2. The summed E-state index contributed by atoms with van der Waals surface area (Å²) >= 11 is 0. The van der Waals surface area contributed by atoms with Crippen molar-refractivity contribution in [2.75, 3.05) is 0 Å². The van der Waals surface area contributed by atoms with E-state index in [-0.39, 0.29) is 11.5 Å². The number of para-hydroxylation sites is 1. The number of nitrogens with zero attached hydrogens (tertiary/aromatic N) is 1. The minimum Gasteiger partial charge on any atom is -0.508 e. The van der Waals surface area contributed by atoms with Crippen LogP contribution in [-0.2, 0) is 0 Å². The summed E-state index contributed by atoms with van der Waals surface area (Å²) < 4.78 is 0. The summed E-state index contributed by atoms with van der Waals surface area (Å²) in [6.07, 6.45) is 1.61. The summed E-state index contributed by atoms with van der Waals surface area (Å²) in [6.45, 7) is 1.87. The van der Waals surface area contributed by atoms with Gasteiger partial charge in [-0.15, -0.1) is 0 Å². The first-order valence-electron chi connectivity index (χ1n) is 5.28. The summed E-state index contributed by atoms with van der Waals surface area (Å²) in [4.78, 5) is 4.28. The number of hydrogen-bond donors (Lipinski definition) is 2. The minimum atomic E-state index is 0.202. The van der Waals surface area contributed by atoms with Crippen LogP contribution in [0.25, 0.3) is 0 Å². The molecule has 3 nitrogen and oxygen atoms in total. The Hall–Kier alpha value is -2.29. The predicted molar refractivity (Wildman–Crippen MR) is 68.2 cm³/mol. The van der Waals surface area contributed by atoms with E-state index in [1.165, 1.54) is 0 Å². The molecular formula is C14H13NO2. The van der Waals surface area contributed by atoms with Crippen molar-refractivity contribution in [1.82, 2.24) is 0 Å². The third kappa shape index (κ3) is 2.64. The van der Waals surface area contributed by atoms with E-state index in [1.54, 1.807) is 42.6 Å². The monoisotopic (exact) mass is 227 g/mol. The van der Waals surface area contributed by atoms with E-state index < -0.39 is 0 Å². The van der Waals surface area contributed by atoms with Gasteiger partial charge in [-0.2, -0.15) is 0 Å². The van der Waals surface area contributed by atoms with Crippen molar-refractivity contribution in [3.8, 4) is 11.5 Å². The van der Waals surface area contributed by atoms with Crippen molar-refractivity contribution >= 4 is 11.9 Å². The molecule has 2 rings (SSSR count). The van der Waals surface area contributed by atoms with Crippen LogP contribution in [0.4, 0.5) is 5.69 Å². The highest BCUT2D eigenvalue weighted by molar-refractivity contribution is 5.85. The van der Waals surface area contributed by atoms with Gasteiger partial charge in [-0.1, -0.05) is 12.1 Å². The Morgan fingerprint density at radius 3 is 2.53 bits per heavy atom. The van der Waals surface area contributed by atoms with Gasteiger partial charge in [0.2, 0.25) is 0 Å². The van der Waals surface area contributed by atoms with Gasteiger partial charge in [-0.25, -0.2) is 0 Å². The molecule has 0 heterocycles. The zero-order valence-corrected chi connectivity index (χ0v) is 9.46. The molecule has 0 aliphatic carbocycles. The molecule has 0 amide bonds. The van der Waals surface area contributed by atoms with Gasteiger partial charge in [0.15, 0.2) is 0 Å². The lowest BCUT2D eigenvalue weighted by Gasteiger charge is -2.01. The number of aryl methyl sites for hydroxylation is 1. The molecule has 86 valence electrons. The Bertz CT molecular complexity index is 562. The molecule has 0 aliphatic rings. The largest absolute Gasteiger partial charge is 0.508 e. The molecule has 17 heavy (non-hydrogen) atoms. The molecule has 0 bridgehead atoms. The SMILES string of the molecule is Cc1cc(O)ccc1N=Cc1ccccc1O. The second-order valence-electron chi connectivity index (χ2n) is 3.79. The molecular weight excluding hydrogens is 214 g/mol. The van der Waals surface area contributed by atoms with Crippen LogP contribution < -0.4 is 0 Å². The van der Waals surface area contributed by atoms with E-state index in [4.69, 9.17) is 0 Å². The highest BCUT2D eigenvalue weighted by atomic mass is 16.3. The second kappa shape index (κ2) is 4.70. The van der Waals surface area contributed by atoms with Crippen molar-refractivity contribution in [2.45, 2.75) is 6.92 Å². The van der Waals surface area contributed by atoms with Gasteiger partial charge in [0.05, 0.1) is 5.69 Å². The Morgan fingerprint density at radius 2 is 1.82 bits per heavy atom. The van der Waals surface area contributed by atoms with Gasteiger partial charge in [-0.3, -0.25) is 4.99 Å². The molecule has 0 aromatic heterocycles. The Morgan fingerprint density at radius 1 is 1.06 bits per heavy atom. The molecule has 0 radical (unpaired) electrons. The molecule has 2 aromatic rings. The van der Waals surface area contributed by atoms with E-state index >= 15 is 0 Å². The number of phenols is 2. The molecule has 2 N–H and O–H groups in total. The molecule has 3 heteroatoms. The van der Waals surface area contributed by atoms with Crippen molar-refractivity contribution in [2.24, 2.45) is 4.99 Å². The Kier molecular flexibility index (Phi) is 3.10. The van der Waals surface area contributed by atoms with Gasteiger partial charge in [0.25, 0.3) is 0 Å². The number of rotatable bonds is 2. The summed E-state index contributed by atoms with van der Waals surface area (Å²) in [5.74, 6) is 0.427. The summed E-state index contributed by atoms with van der Waals surface area (Å²) in [5.41, 5.74) is 2.32. The number of benzene rings is 2. The summed E-state index contributed by atoms with van der Waals surface area (Å²) in [7, 11) is 0. The van der Waals surface area contributed by atoms with Crippen LogP contribution in [0.15, 0.2) is 47.5 Å². The fourth-order valence-electron chi connectivity index (χ4n) is 1.52. The van der Waals surface area contributed by atoms with Crippen LogP contribution in [-0.4, -0.2) is 16.4 Å². The lowest BCUT2D eigenvalue weighted by molar-refractivity contribution is 0.474. The zero-order valence-electron chi connectivity index (χ0n) is 9.46. The van der Waals surface area contributed by atoms with Crippen LogP contribution >= 0.6 is 0 Å². The third-order valence-electron chi connectivity index (χ3n) is 2.46. The van der Waals surface area contributed by atoms with Crippen LogP contribution in [0.1, 0.15) is 11.1 Å². The molecule has 0 fully saturated rings. The number of aromatic hydroxyl groups is 2. The van der Waals surface area contributed by atoms with Crippen molar-refractivity contribution < 1.29 is 10.2 Å². The average molecular weight is 227 g/mol. The molecule has 2 aromatic carbocycles. The molecule has 0 saturated carbocycles. The highest BCUT2D eigenvalue weighted by Gasteiger charge is 1.98. The number of hydrogen-bond acceptors (Lipinski definition) is 3. The van der Waals surface area contributed by atoms with E-state index in [2.05, 4.69) is 4.99 Å². The van der Waals surface area contributed by atoms with Gasteiger partial charge < -0.3 is 10.2 Å². The van der Waals surface area contributed by atoms with Gasteiger partial charge >= 0.3 is 0 Å². The van der Waals surface area contributed by atoms with E-state index in [0.717, 1.165) is 11.3 Å². The fraction of sp³-hybridized carbons (Fsp3) is 0.0714. The number of aliphatic imine (C=N–C) groups is 1. The Balaban J connectivity index is 2.29. The van der Waals surface area contributed by atoms with Crippen LogP contribution in [0.3, 0.4) is 0 Å². The number of phenolic OH excluding ortho intramolecular Hbond substituents is 2. The quantitative estimate of drug-likeness (QED) is 0.774. The van der Waals surface area contributed by atoms with E-state index in [1.807, 2.05) is 13.0 Å². The smallest absolute Gasteiger partial charge is 0.124 e. The summed E-state index contributed by atoms with van der Waals surface area (Å²) in [6, 6.07) is 12.0. The normalized spacial score (nSPS) is 10.9. The standard InChI is InChI=1S/C14H13NO2/c1-10-8-12(16)6-7-13(10)15-9-11-4-2-3-5-14(11)17/h2-9,16-17H,1H3. The molecule has 0 aliphatic heterocycles. The molecule has 0 saturated heterocycles. The lowest BCUT2D eigenvalue weighted by Crippen LogP contribution is -1.82. The Labute approximate surface area is 99.7 Å². The van der Waals surface area contributed by atoms with E-state index in [9.17, 15) is 10.2 Å². The van der Waals surface area contributed by atoms with Crippen LogP contribution in [0.5, 0.6) is 11.5 Å². The maximum absolute atomic E-state index is 9.57. The summed E-state index contributed by atoms with van der Waals surface area (Å²) in [5, 5.41) is 18.8. The molecule has 0 atom stereocenters. The van der Waals surface area contributed by atoms with Crippen molar-refractivity contribution in [3.63, 3.8) is 0 Å². The van der Waals surface area contributed by atoms with Crippen molar-refractivity contribution in [1.29, 1.82) is 0 Å². The third-order valence-corrected chi connectivity index (χ3v) is 2.46. The molecule has 0 unspecified atom stereocenters. The first-order valence-corrected chi connectivity index (χ1v) is 5.28. The topological polar surface area (TPSA) is 52.8 Å². The van der Waals surface area contributed by atoms with Gasteiger partial charge in [0.1, 0.15) is 11.5 Å². The average Bonchev–Trinajstić information content (AvgIpc) is 2.30. The predicted octanol–water partition coefficient (Wildman–Crippen LogP) is 3.16. The zero-order chi connectivity index (χ0) is 12.3. The fourth-order valence-corrected chi connectivity index (χ4v) is 1.52. The maximum atomic E-state index is 9.57. The first kappa shape index (κ1) is 11.2. The molecule has 0 spiro atoms. The van der Waals surface area contributed by atoms with Gasteiger partial charge in [-0.05, 0) is 42.8 Å².